The molecule has 0 unspecified atom stereocenters. The van der Waals surface area contributed by atoms with Gasteiger partial charge in [-0.1, -0.05) is 31.2 Å². The van der Waals surface area contributed by atoms with Crippen LogP contribution in [-0.4, -0.2) is 25.7 Å². The van der Waals surface area contributed by atoms with Gasteiger partial charge in [-0.05, 0) is 30.4 Å². The van der Waals surface area contributed by atoms with E-state index >= 15 is 0 Å². The third kappa shape index (κ3) is 3.66. The second-order valence-corrected chi connectivity index (χ2v) is 7.65. The predicted molar refractivity (Wildman–Crippen MR) is 75.9 cm³/mol. The molecule has 0 aromatic heterocycles. The number of ketones is 1. The van der Waals surface area contributed by atoms with Crippen LogP contribution < -0.4 is 0 Å². The topological polar surface area (TPSA) is 51.2 Å². The summed E-state index contributed by atoms with van der Waals surface area (Å²) >= 11 is 0. The number of carbonyl (C=O) groups excluding carboxylic acids is 1. The van der Waals surface area contributed by atoms with Crippen molar-refractivity contribution in [3.8, 4) is 0 Å². The molecular weight excluding hydrogens is 260 g/mol. The summed E-state index contributed by atoms with van der Waals surface area (Å²) < 4.78 is 22.7. The van der Waals surface area contributed by atoms with Crippen molar-refractivity contribution in [2.45, 2.75) is 32.6 Å². The summed E-state index contributed by atoms with van der Waals surface area (Å²) in [5.41, 5.74) is 2.53. The molecule has 1 aliphatic carbocycles. The Labute approximate surface area is 114 Å². The normalized spacial score (nSPS) is 15.4. The zero-order chi connectivity index (χ0) is 13.9. The van der Waals surface area contributed by atoms with Gasteiger partial charge in [-0.25, -0.2) is 8.42 Å². The van der Waals surface area contributed by atoms with E-state index in [1.54, 1.807) is 6.92 Å². The highest BCUT2D eigenvalue weighted by Crippen LogP contribution is 2.27. The minimum Gasteiger partial charge on any atom is -0.299 e. The zero-order valence-corrected chi connectivity index (χ0v) is 12.1. The molecule has 1 aromatic rings. The predicted octanol–water partition coefficient (Wildman–Crippen LogP) is 2.19. The second kappa shape index (κ2) is 5.87. The van der Waals surface area contributed by atoms with Crippen LogP contribution in [0.15, 0.2) is 24.3 Å². The SMILES string of the molecule is CCS(=O)(=O)CCCC(=O)C1Cc2ccccc2C1. The average molecular weight is 280 g/mol. The zero-order valence-electron chi connectivity index (χ0n) is 11.3. The van der Waals surface area contributed by atoms with Gasteiger partial charge in [0.1, 0.15) is 15.6 Å². The number of hydrogen-bond donors (Lipinski definition) is 0. The Morgan fingerprint density at radius 3 is 2.32 bits per heavy atom. The molecule has 0 fully saturated rings. The molecular formula is C15H20O3S. The minimum atomic E-state index is -2.94. The van der Waals surface area contributed by atoms with E-state index in [0.29, 0.717) is 12.8 Å². The van der Waals surface area contributed by atoms with E-state index < -0.39 is 9.84 Å². The van der Waals surface area contributed by atoms with Gasteiger partial charge in [0.05, 0.1) is 5.75 Å². The number of rotatable bonds is 6. The fraction of sp³-hybridized carbons (Fsp3) is 0.533. The molecule has 0 bridgehead atoms. The van der Waals surface area contributed by atoms with Crippen LogP contribution in [0.5, 0.6) is 0 Å². The molecule has 0 atom stereocenters. The van der Waals surface area contributed by atoms with Crippen molar-refractivity contribution in [2.75, 3.05) is 11.5 Å². The summed E-state index contributed by atoms with van der Waals surface area (Å²) in [6.45, 7) is 1.64. The number of Topliss-reactive ketones (excluding diaryl/α,β-unsaturated/α-hetero) is 1. The summed E-state index contributed by atoms with van der Waals surface area (Å²) in [6, 6.07) is 8.15. The summed E-state index contributed by atoms with van der Waals surface area (Å²) in [5, 5.41) is 0. The number of carbonyl (C=O) groups is 1. The maximum atomic E-state index is 12.1. The van der Waals surface area contributed by atoms with Crippen molar-refractivity contribution in [3.63, 3.8) is 0 Å². The van der Waals surface area contributed by atoms with Crippen LogP contribution in [0.25, 0.3) is 0 Å². The number of benzene rings is 1. The average Bonchev–Trinajstić information content (AvgIpc) is 2.82. The first-order chi connectivity index (χ1) is 9.02. The lowest BCUT2D eigenvalue weighted by molar-refractivity contribution is -0.122. The molecule has 0 heterocycles. The van der Waals surface area contributed by atoms with Crippen molar-refractivity contribution >= 4 is 15.6 Å². The Balaban J connectivity index is 1.84. The lowest BCUT2D eigenvalue weighted by Gasteiger charge is -2.07. The first-order valence-electron chi connectivity index (χ1n) is 6.82. The van der Waals surface area contributed by atoms with Crippen LogP contribution >= 0.6 is 0 Å². The van der Waals surface area contributed by atoms with Gasteiger partial charge in [0.25, 0.3) is 0 Å². The highest BCUT2D eigenvalue weighted by Gasteiger charge is 2.26. The highest BCUT2D eigenvalue weighted by molar-refractivity contribution is 7.91. The lowest BCUT2D eigenvalue weighted by atomic mass is 9.98. The van der Waals surface area contributed by atoms with E-state index in [1.165, 1.54) is 11.1 Å². The molecule has 19 heavy (non-hydrogen) atoms. The quantitative estimate of drug-likeness (QED) is 0.802. The summed E-state index contributed by atoms with van der Waals surface area (Å²) in [5.74, 6) is 0.564. The fourth-order valence-electron chi connectivity index (χ4n) is 2.60. The van der Waals surface area contributed by atoms with Crippen molar-refractivity contribution < 1.29 is 13.2 Å². The van der Waals surface area contributed by atoms with Crippen LogP contribution in [0, 0.1) is 5.92 Å². The molecule has 0 spiro atoms. The maximum absolute atomic E-state index is 12.1. The van der Waals surface area contributed by atoms with Crippen LogP contribution in [0.4, 0.5) is 0 Å². The standard InChI is InChI=1S/C15H20O3S/c1-2-19(17,18)9-5-8-15(16)14-10-12-6-3-4-7-13(12)11-14/h3-4,6-7,14H,2,5,8-11H2,1H3. The van der Waals surface area contributed by atoms with Crippen LogP contribution in [0.2, 0.25) is 0 Å². The molecule has 1 aliphatic rings. The molecule has 0 aliphatic heterocycles. The first kappa shape index (κ1) is 14.3. The highest BCUT2D eigenvalue weighted by atomic mass is 32.2. The molecule has 0 N–H and O–H groups in total. The van der Waals surface area contributed by atoms with Gasteiger partial charge in [0.2, 0.25) is 0 Å². The molecule has 104 valence electrons. The van der Waals surface area contributed by atoms with Crippen LogP contribution in [0.1, 0.15) is 30.9 Å². The number of hydrogen-bond acceptors (Lipinski definition) is 3. The van der Waals surface area contributed by atoms with Gasteiger partial charge in [0.15, 0.2) is 0 Å². The molecule has 3 nitrogen and oxygen atoms in total. The Morgan fingerprint density at radius 1 is 1.21 bits per heavy atom. The fourth-order valence-corrected chi connectivity index (χ4v) is 3.47. The van der Waals surface area contributed by atoms with Gasteiger partial charge in [0, 0.05) is 18.1 Å². The van der Waals surface area contributed by atoms with Gasteiger partial charge in [-0.2, -0.15) is 0 Å². The van der Waals surface area contributed by atoms with Crippen LogP contribution in [0.3, 0.4) is 0 Å². The van der Waals surface area contributed by atoms with Gasteiger partial charge in [-0.3, -0.25) is 4.79 Å². The molecule has 1 aromatic carbocycles. The summed E-state index contributed by atoms with van der Waals surface area (Å²) in [7, 11) is -2.94. The van der Waals surface area contributed by atoms with Gasteiger partial charge >= 0.3 is 0 Å². The summed E-state index contributed by atoms with van der Waals surface area (Å²) in [6.07, 6.45) is 2.48. The van der Waals surface area contributed by atoms with Crippen molar-refractivity contribution in [3.05, 3.63) is 35.4 Å². The molecule has 2 rings (SSSR count). The van der Waals surface area contributed by atoms with E-state index in [4.69, 9.17) is 0 Å². The molecule has 0 saturated heterocycles. The third-order valence-electron chi connectivity index (χ3n) is 3.82. The lowest BCUT2D eigenvalue weighted by Crippen LogP contribution is -2.17. The van der Waals surface area contributed by atoms with Crippen molar-refractivity contribution in [2.24, 2.45) is 5.92 Å². The van der Waals surface area contributed by atoms with E-state index in [1.807, 2.05) is 12.1 Å². The second-order valence-electron chi connectivity index (χ2n) is 5.18. The Hall–Kier alpha value is -1.16. The first-order valence-corrected chi connectivity index (χ1v) is 8.64. The van der Waals surface area contributed by atoms with E-state index in [-0.39, 0.29) is 23.2 Å². The van der Waals surface area contributed by atoms with Crippen molar-refractivity contribution in [1.29, 1.82) is 0 Å². The molecule has 4 heteroatoms. The van der Waals surface area contributed by atoms with Gasteiger partial charge in [-0.15, -0.1) is 0 Å². The van der Waals surface area contributed by atoms with Gasteiger partial charge < -0.3 is 0 Å². The minimum absolute atomic E-state index is 0.0572. The Bertz CT molecular complexity index is 536. The third-order valence-corrected chi connectivity index (χ3v) is 5.62. The van der Waals surface area contributed by atoms with E-state index in [9.17, 15) is 13.2 Å². The number of fused-ring (bicyclic) bond motifs is 1. The maximum Gasteiger partial charge on any atom is 0.150 e. The monoisotopic (exact) mass is 280 g/mol. The van der Waals surface area contributed by atoms with Crippen LogP contribution in [-0.2, 0) is 27.5 Å². The smallest absolute Gasteiger partial charge is 0.150 e. The largest absolute Gasteiger partial charge is 0.299 e. The van der Waals surface area contributed by atoms with Crippen molar-refractivity contribution in [1.82, 2.24) is 0 Å². The molecule has 0 radical (unpaired) electrons. The Morgan fingerprint density at radius 2 is 1.79 bits per heavy atom. The Kier molecular flexibility index (Phi) is 4.40. The summed E-state index contributed by atoms with van der Waals surface area (Å²) in [4.78, 5) is 12.1. The van der Waals surface area contributed by atoms with E-state index in [2.05, 4.69) is 12.1 Å². The number of sulfone groups is 1. The molecule has 0 saturated carbocycles. The molecule has 0 amide bonds. The van der Waals surface area contributed by atoms with E-state index in [0.717, 1.165) is 12.8 Å².